The zero-order chi connectivity index (χ0) is 24.2. The van der Waals surface area contributed by atoms with Gasteiger partial charge in [0, 0.05) is 62.6 Å². The number of rotatable bonds is 6. The maximum absolute atomic E-state index is 13.5. The maximum atomic E-state index is 13.5. The molecule has 1 aliphatic heterocycles. The Hall–Kier alpha value is -3.94. The first-order chi connectivity index (χ1) is 17.0. The van der Waals surface area contributed by atoms with Crippen LogP contribution in [-0.4, -0.2) is 48.4 Å². The fourth-order valence-electron chi connectivity index (χ4n) is 4.65. The van der Waals surface area contributed by atoms with E-state index in [1.165, 1.54) is 12.1 Å². The van der Waals surface area contributed by atoms with Crippen LogP contribution in [0.3, 0.4) is 0 Å². The van der Waals surface area contributed by atoms with E-state index < -0.39 is 0 Å². The number of hydrogen-bond donors (Lipinski definition) is 0. The van der Waals surface area contributed by atoms with Crippen LogP contribution in [0.4, 0.5) is 4.39 Å². The van der Waals surface area contributed by atoms with E-state index in [0.29, 0.717) is 24.4 Å². The second-order valence-electron chi connectivity index (χ2n) is 9.06. The molecule has 0 aliphatic carbocycles. The lowest BCUT2D eigenvalue weighted by Gasteiger charge is -2.32. The van der Waals surface area contributed by atoms with E-state index >= 15 is 0 Å². The summed E-state index contributed by atoms with van der Waals surface area (Å²) < 4.78 is 15.4. The second-order valence-corrected chi connectivity index (χ2v) is 9.06. The van der Waals surface area contributed by atoms with Crippen LogP contribution < -0.4 is 0 Å². The van der Waals surface area contributed by atoms with Gasteiger partial charge in [-0.2, -0.15) is 0 Å². The Kier molecular flexibility index (Phi) is 6.61. The predicted molar refractivity (Wildman–Crippen MR) is 130 cm³/mol. The minimum absolute atomic E-state index is 0.00815. The Morgan fingerprint density at radius 2 is 1.97 bits per heavy atom. The average Bonchev–Trinajstić information content (AvgIpc) is 3.30. The monoisotopic (exact) mass is 470 g/mol. The molecule has 0 unspecified atom stereocenters. The molecule has 178 valence electrons. The number of aryl methyl sites for hydroxylation is 1. The SMILES string of the molecule is Cn1ccnc1-c1cnc(C[C@H]2CCCN(C(=O)c3ccnc(Cc4cccc(F)c4)c3)C2)cn1. The fraction of sp³-hybridized carbons (Fsp3) is 0.296. The van der Waals surface area contributed by atoms with Crippen molar-refractivity contribution in [2.24, 2.45) is 13.0 Å². The van der Waals surface area contributed by atoms with Crippen LogP contribution in [0.25, 0.3) is 11.5 Å². The highest BCUT2D eigenvalue weighted by Crippen LogP contribution is 2.23. The molecule has 8 heteroatoms. The molecule has 5 rings (SSSR count). The number of likely N-dealkylation sites (tertiary alicyclic amines) is 1. The van der Waals surface area contributed by atoms with Crippen LogP contribution in [0.15, 0.2) is 67.4 Å². The molecular formula is C27H27FN6O. The molecule has 1 aliphatic rings. The normalized spacial score (nSPS) is 15.8. The summed E-state index contributed by atoms with van der Waals surface area (Å²) in [7, 11) is 1.93. The molecule has 7 nitrogen and oxygen atoms in total. The van der Waals surface area contributed by atoms with Crippen molar-refractivity contribution in [1.29, 1.82) is 0 Å². The first-order valence-electron chi connectivity index (χ1n) is 11.8. The van der Waals surface area contributed by atoms with Crippen LogP contribution in [0.2, 0.25) is 0 Å². The van der Waals surface area contributed by atoms with Gasteiger partial charge in [-0.3, -0.25) is 14.8 Å². The number of aromatic nitrogens is 5. The van der Waals surface area contributed by atoms with Crippen molar-refractivity contribution in [2.75, 3.05) is 13.1 Å². The molecule has 1 aromatic carbocycles. The van der Waals surface area contributed by atoms with Crippen molar-refractivity contribution in [2.45, 2.75) is 25.7 Å². The number of benzene rings is 1. The van der Waals surface area contributed by atoms with Crippen LogP contribution in [0.5, 0.6) is 0 Å². The zero-order valence-electron chi connectivity index (χ0n) is 19.6. The van der Waals surface area contributed by atoms with Crippen LogP contribution in [0.1, 0.15) is 40.2 Å². The maximum Gasteiger partial charge on any atom is 0.253 e. The van der Waals surface area contributed by atoms with Gasteiger partial charge in [0.15, 0.2) is 5.82 Å². The number of carbonyl (C=O) groups is 1. The molecule has 4 heterocycles. The summed E-state index contributed by atoms with van der Waals surface area (Å²) >= 11 is 0. The topological polar surface area (TPSA) is 76.8 Å². The molecule has 1 amide bonds. The van der Waals surface area contributed by atoms with E-state index in [4.69, 9.17) is 0 Å². The molecule has 0 bridgehead atoms. The summed E-state index contributed by atoms with van der Waals surface area (Å²) in [6, 6.07) is 10.0. The summed E-state index contributed by atoms with van der Waals surface area (Å²) in [5.74, 6) is 0.848. The van der Waals surface area contributed by atoms with Gasteiger partial charge in [0.25, 0.3) is 5.91 Å². The van der Waals surface area contributed by atoms with Gasteiger partial charge in [-0.05, 0) is 55.0 Å². The molecule has 0 spiro atoms. The highest BCUT2D eigenvalue weighted by molar-refractivity contribution is 5.94. The molecular weight excluding hydrogens is 443 g/mol. The van der Waals surface area contributed by atoms with Crippen LogP contribution in [-0.2, 0) is 19.9 Å². The second kappa shape index (κ2) is 10.1. The summed E-state index contributed by atoms with van der Waals surface area (Å²) in [5.41, 5.74) is 3.86. The Labute approximate surface area is 203 Å². The minimum Gasteiger partial charge on any atom is -0.338 e. The van der Waals surface area contributed by atoms with Crippen molar-refractivity contribution in [3.05, 3.63) is 95.7 Å². The molecule has 0 saturated carbocycles. The van der Waals surface area contributed by atoms with Crippen molar-refractivity contribution in [3.8, 4) is 11.5 Å². The Morgan fingerprint density at radius 1 is 1.06 bits per heavy atom. The summed E-state index contributed by atoms with van der Waals surface area (Å²) in [6.45, 7) is 1.42. The number of amides is 1. The summed E-state index contributed by atoms with van der Waals surface area (Å²) in [4.78, 5) is 33.0. The quantitative estimate of drug-likeness (QED) is 0.424. The van der Waals surface area contributed by atoms with E-state index in [-0.39, 0.29) is 11.7 Å². The largest absolute Gasteiger partial charge is 0.338 e. The highest BCUT2D eigenvalue weighted by atomic mass is 19.1. The predicted octanol–water partition coefficient (Wildman–Crippen LogP) is 4.10. The van der Waals surface area contributed by atoms with Gasteiger partial charge in [0.05, 0.1) is 11.9 Å². The van der Waals surface area contributed by atoms with Crippen molar-refractivity contribution in [3.63, 3.8) is 0 Å². The molecule has 1 fully saturated rings. The van der Waals surface area contributed by atoms with Gasteiger partial charge < -0.3 is 9.47 Å². The lowest BCUT2D eigenvalue weighted by Crippen LogP contribution is -2.40. The fourth-order valence-corrected chi connectivity index (χ4v) is 4.65. The standard InChI is InChI=1S/C27H27FN6O/c1-33-11-9-30-26(33)25-17-31-24(16-32-25)14-20-5-3-10-34(18-20)27(35)21-7-8-29-23(15-21)13-19-4-2-6-22(28)12-19/h2,4,6-9,11-12,15-17,20H,3,5,10,13-14,18H2,1H3/t20-/m1/s1. The third kappa shape index (κ3) is 5.42. The molecule has 4 aromatic rings. The first-order valence-corrected chi connectivity index (χ1v) is 11.8. The zero-order valence-corrected chi connectivity index (χ0v) is 19.6. The van der Waals surface area contributed by atoms with Crippen molar-refractivity contribution >= 4 is 5.91 Å². The van der Waals surface area contributed by atoms with Gasteiger partial charge in [0.2, 0.25) is 0 Å². The first kappa shape index (κ1) is 22.8. The number of nitrogens with zero attached hydrogens (tertiary/aromatic N) is 6. The number of pyridine rings is 1. The number of carbonyl (C=O) groups excluding carboxylic acids is 1. The molecule has 0 N–H and O–H groups in total. The van der Waals surface area contributed by atoms with Gasteiger partial charge in [-0.15, -0.1) is 0 Å². The van der Waals surface area contributed by atoms with E-state index in [2.05, 4.69) is 19.9 Å². The minimum atomic E-state index is -0.273. The number of imidazole rings is 1. The summed E-state index contributed by atoms with van der Waals surface area (Å²) in [5, 5.41) is 0. The Balaban J connectivity index is 1.23. The third-order valence-corrected chi connectivity index (χ3v) is 6.40. The van der Waals surface area contributed by atoms with E-state index in [9.17, 15) is 9.18 Å². The number of piperidine rings is 1. The molecule has 35 heavy (non-hydrogen) atoms. The number of hydrogen-bond acceptors (Lipinski definition) is 5. The molecule has 3 aromatic heterocycles. The third-order valence-electron chi connectivity index (χ3n) is 6.40. The van der Waals surface area contributed by atoms with Gasteiger partial charge in [0.1, 0.15) is 11.5 Å². The van der Waals surface area contributed by atoms with Gasteiger partial charge in [-0.25, -0.2) is 14.4 Å². The Morgan fingerprint density at radius 3 is 2.74 bits per heavy atom. The lowest BCUT2D eigenvalue weighted by atomic mass is 9.93. The number of halogens is 1. The van der Waals surface area contributed by atoms with Crippen molar-refractivity contribution in [1.82, 2.24) is 29.4 Å². The van der Waals surface area contributed by atoms with E-state index in [1.54, 1.807) is 30.7 Å². The average molecular weight is 471 g/mol. The highest BCUT2D eigenvalue weighted by Gasteiger charge is 2.25. The van der Waals surface area contributed by atoms with Crippen LogP contribution in [0, 0.1) is 11.7 Å². The smallest absolute Gasteiger partial charge is 0.253 e. The molecule has 1 atom stereocenters. The lowest BCUT2D eigenvalue weighted by molar-refractivity contribution is 0.0672. The molecule has 0 radical (unpaired) electrons. The van der Waals surface area contributed by atoms with Gasteiger partial charge in [-0.1, -0.05) is 12.1 Å². The molecule has 1 saturated heterocycles. The van der Waals surface area contributed by atoms with Crippen LogP contribution >= 0.6 is 0 Å². The van der Waals surface area contributed by atoms with E-state index in [1.807, 2.05) is 41.0 Å². The Bertz CT molecular complexity index is 1320. The van der Waals surface area contributed by atoms with Gasteiger partial charge >= 0.3 is 0 Å². The summed E-state index contributed by atoms with van der Waals surface area (Å²) in [6.07, 6.45) is 12.1. The van der Waals surface area contributed by atoms with E-state index in [0.717, 1.165) is 54.3 Å². The van der Waals surface area contributed by atoms with Crippen molar-refractivity contribution < 1.29 is 9.18 Å².